The van der Waals surface area contributed by atoms with Gasteiger partial charge in [0, 0.05) is 25.0 Å². The highest BCUT2D eigenvalue weighted by molar-refractivity contribution is 5.69. The van der Waals surface area contributed by atoms with Crippen LogP contribution < -0.4 is 16.0 Å². The third kappa shape index (κ3) is 14.1. The van der Waals surface area contributed by atoms with E-state index in [2.05, 4.69) is 34.9 Å². The van der Waals surface area contributed by atoms with Crippen LogP contribution in [0.15, 0.2) is 0 Å². The van der Waals surface area contributed by atoms with E-state index >= 15 is 0 Å². The third-order valence-electron chi connectivity index (χ3n) is 9.05. The standard InChI is InChI=1S/C17H30N2O4.C13H23NO4/c1-22-16(20)18-14-7-3-12(4-8-14)11-13-5-9-15(10-6-13)19-17(21)23-2;1-17-12(15)8-7-10-3-5-11(6-4-10)9-14-13(16)18-2/h12-15H,3-11H2,1-2H3,(H,18,20)(H,19,21);10-11H,3-9H2,1-2H3,(H,14,16). The normalized spacial score (nSPS) is 27.6. The molecule has 0 radical (unpaired) electrons. The lowest BCUT2D eigenvalue weighted by Gasteiger charge is -2.34. The van der Waals surface area contributed by atoms with Crippen LogP contribution in [0.3, 0.4) is 0 Å². The van der Waals surface area contributed by atoms with Gasteiger partial charge in [0.2, 0.25) is 0 Å². The van der Waals surface area contributed by atoms with E-state index in [1.54, 1.807) is 0 Å². The summed E-state index contributed by atoms with van der Waals surface area (Å²) in [5.74, 6) is 2.60. The van der Waals surface area contributed by atoms with Crippen LogP contribution in [-0.4, -0.2) is 71.3 Å². The van der Waals surface area contributed by atoms with Crippen molar-refractivity contribution in [3.8, 4) is 0 Å². The fourth-order valence-electron chi connectivity index (χ4n) is 6.46. The van der Waals surface area contributed by atoms with Crippen molar-refractivity contribution in [1.29, 1.82) is 0 Å². The molecule has 0 aliphatic heterocycles. The van der Waals surface area contributed by atoms with Crippen molar-refractivity contribution < 1.29 is 38.1 Å². The maximum absolute atomic E-state index is 11.2. The molecule has 3 saturated carbocycles. The molecule has 3 aliphatic rings. The van der Waals surface area contributed by atoms with Gasteiger partial charge in [-0.25, -0.2) is 14.4 Å². The zero-order valence-electron chi connectivity index (χ0n) is 25.5. The predicted octanol–water partition coefficient (Wildman–Crippen LogP) is 5.31. The second-order valence-corrected chi connectivity index (χ2v) is 11.8. The minimum Gasteiger partial charge on any atom is -0.469 e. The van der Waals surface area contributed by atoms with Crippen molar-refractivity contribution in [2.24, 2.45) is 23.7 Å². The van der Waals surface area contributed by atoms with Crippen LogP contribution in [0.4, 0.5) is 14.4 Å². The van der Waals surface area contributed by atoms with Gasteiger partial charge in [-0.2, -0.15) is 0 Å². The van der Waals surface area contributed by atoms with Crippen LogP contribution in [0.1, 0.15) is 96.3 Å². The van der Waals surface area contributed by atoms with Gasteiger partial charge in [0.1, 0.15) is 0 Å². The zero-order valence-corrected chi connectivity index (χ0v) is 25.5. The summed E-state index contributed by atoms with van der Waals surface area (Å²) in [6.07, 6.45) is 15.2. The number of carbonyl (C=O) groups excluding carboxylic acids is 4. The molecule has 0 bridgehead atoms. The molecule has 0 saturated heterocycles. The summed E-state index contributed by atoms with van der Waals surface area (Å²) in [5.41, 5.74) is 0. The van der Waals surface area contributed by atoms with E-state index in [9.17, 15) is 19.2 Å². The molecule has 0 atom stereocenters. The van der Waals surface area contributed by atoms with E-state index in [0.29, 0.717) is 24.8 Å². The highest BCUT2D eigenvalue weighted by Crippen LogP contribution is 2.35. The van der Waals surface area contributed by atoms with E-state index in [1.807, 2.05) is 0 Å². The Morgan fingerprint density at radius 1 is 0.537 bits per heavy atom. The average Bonchev–Trinajstić information content (AvgIpc) is 3.01. The molecule has 3 fully saturated rings. The topological polar surface area (TPSA) is 141 Å². The highest BCUT2D eigenvalue weighted by Gasteiger charge is 2.28. The van der Waals surface area contributed by atoms with Crippen molar-refractivity contribution in [2.75, 3.05) is 35.0 Å². The number of amides is 3. The molecule has 11 nitrogen and oxygen atoms in total. The Kier molecular flexibility index (Phi) is 16.3. The average molecular weight is 584 g/mol. The Balaban J connectivity index is 0.000000296. The Bertz CT molecular complexity index is 723. The minimum absolute atomic E-state index is 0.121. The van der Waals surface area contributed by atoms with Gasteiger partial charge in [-0.05, 0) is 101 Å². The molecule has 0 unspecified atom stereocenters. The van der Waals surface area contributed by atoms with E-state index in [4.69, 9.17) is 0 Å². The van der Waals surface area contributed by atoms with Crippen molar-refractivity contribution in [1.82, 2.24) is 16.0 Å². The highest BCUT2D eigenvalue weighted by atomic mass is 16.5. The monoisotopic (exact) mass is 583 g/mol. The number of carbonyl (C=O) groups is 4. The first-order valence-corrected chi connectivity index (χ1v) is 15.3. The van der Waals surface area contributed by atoms with Gasteiger partial charge in [0.15, 0.2) is 0 Å². The lowest BCUT2D eigenvalue weighted by Crippen LogP contribution is -2.39. The van der Waals surface area contributed by atoms with Crippen molar-refractivity contribution in [3.63, 3.8) is 0 Å². The molecular formula is C30H53N3O8. The first-order chi connectivity index (χ1) is 19.8. The van der Waals surface area contributed by atoms with Gasteiger partial charge < -0.3 is 34.9 Å². The maximum atomic E-state index is 11.2. The van der Waals surface area contributed by atoms with Crippen LogP contribution in [0.5, 0.6) is 0 Å². The SMILES string of the molecule is COC(=O)CCC1CCC(CNC(=O)OC)CC1.COC(=O)NC1CCC(CC2CCC(NC(=O)OC)CC2)CC1. The van der Waals surface area contributed by atoms with Crippen LogP contribution >= 0.6 is 0 Å². The van der Waals surface area contributed by atoms with Gasteiger partial charge in [0.05, 0.1) is 28.4 Å². The second-order valence-electron chi connectivity index (χ2n) is 11.8. The van der Waals surface area contributed by atoms with Crippen molar-refractivity contribution in [2.45, 2.75) is 108 Å². The predicted molar refractivity (Wildman–Crippen MR) is 154 cm³/mol. The lowest BCUT2D eigenvalue weighted by molar-refractivity contribution is -0.141. The van der Waals surface area contributed by atoms with Crippen molar-refractivity contribution >= 4 is 24.2 Å². The van der Waals surface area contributed by atoms with Gasteiger partial charge in [-0.15, -0.1) is 0 Å². The first-order valence-electron chi connectivity index (χ1n) is 15.3. The second kappa shape index (κ2) is 19.4. The molecule has 0 aromatic heterocycles. The molecule has 236 valence electrons. The van der Waals surface area contributed by atoms with E-state index in [-0.39, 0.29) is 36.3 Å². The number of hydrogen-bond acceptors (Lipinski definition) is 8. The smallest absolute Gasteiger partial charge is 0.407 e. The molecule has 0 aromatic rings. The van der Waals surface area contributed by atoms with Gasteiger partial charge in [-0.3, -0.25) is 4.79 Å². The summed E-state index contributed by atoms with van der Waals surface area (Å²) in [6.45, 7) is 0.691. The van der Waals surface area contributed by atoms with Crippen molar-refractivity contribution in [3.05, 3.63) is 0 Å². The number of nitrogens with one attached hydrogen (secondary N) is 3. The molecule has 3 aliphatic carbocycles. The summed E-state index contributed by atoms with van der Waals surface area (Å²) in [7, 11) is 5.62. The van der Waals surface area contributed by atoms with Crippen LogP contribution in [-0.2, 0) is 23.7 Å². The fraction of sp³-hybridized carbons (Fsp3) is 0.867. The Morgan fingerprint density at radius 2 is 0.951 bits per heavy atom. The summed E-state index contributed by atoms with van der Waals surface area (Å²) < 4.78 is 18.5. The van der Waals surface area contributed by atoms with Gasteiger partial charge >= 0.3 is 24.2 Å². The summed E-state index contributed by atoms with van der Waals surface area (Å²) in [6, 6.07) is 0.553. The maximum Gasteiger partial charge on any atom is 0.407 e. The molecule has 3 rings (SSSR count). The number of rotatable bonds is 9. The Morgan fingerprint density at radius 3 is 1.37 bits per heavy atom. The number of ether oxygens (including phenoxy) is 4. The van der Waals surface area contributed by atoms with E-state index in [1.165, 1.54) is 60.5 Å². The molecule has 3 amide bonds. The summed E-state index contributed by atoms with van der Waals surface area (Å²) >= 11 is 0. The van der Waals surface area contributed by atoms with Crippen LogP contribution in [0.25, 0.3) is 0 Å². The number of hydrogen-bond donors (Lipinski definition) is 3. The third-order valence-corrected chi connectivity index (χ3v) is 9.05. The molecule has 0 aromatic carbocycles. The van der Waals surface area contributed by atoms with E-state index in [0.717, 1.165) is 69.6 Å². The largest absolute Gasteiger partial charge is 0.469 e. The van der Waals surface area contributed by atoms with Crippen LogP contribution in [0.2, 0.25) is 0 Å². The molecule has 3 N–H and O–H groups in total. The quantitative estimate of drug-likeness (QED) is 0.245. The number of esters is 1. The summed E-state index contributed by atoms with van der Waals surface area (Å²) in [5, 5.41) is 8.56. The van der Waals surface area contributed by atoms with Crippen LogP contribution in [0, 0.1) is 23.7 Å². The zero-order chi connectivity index (χ0) is 30.0. The lowest BCUT2D eigenvalue weighted by atomic mass is 9.76. The first kappa shape index (κ1) is 34.5. The Hall–Kier alpha value is -2.72. The van der Waals surface area contributed by atoms with Gasteiger partial charge in [0.25, 0.3) is 0 Å². The Labute approximate surface area is 245 Å². The minimum atomic E-state index is -0.359. The summed E-state index contributed by atoms with van der Waals surface area (Å²) in [4.78, 5) is 44.5. The molecule has 0 spiro atoms. The van der Waals surface area contributed by atoms with E-state index < -0.39 is 0 Å². The number of alkyl carbamates (subject to hydrolysis) is 3. The molecule has 0 heterocycles. The molecule has 41 heavy (non-hydrogen) atoms. The van der Waals surface area contributed by atoms with Gasteiger partial charge in [-0.1, -0.05) is 12.8 Å². The molecular weight excluding hydrogens is 530 g/mol. The number of methoxy groups -OCH3 is 4. The fourth-order valence-corrected chi connectivity index (χ4v) is 6.46. The molecule has 11 heteroatoms.